The minimum Gasteiger partial charge on any atom is -0.306 e. The second kappa shape index (κ2) is 6.46. The molecule has 0 saturated carbocycles. The Hall–Kier alpha value is -0.910. The molecule has 0 amide bonds. The Balaban J connectivity index is 2.21. The lowest BCUT2D eigenvalue weighted by Crippen LogP contribution is -2.33. The summed E-state index contributed by atoms with van der Waals surface area (Å²) in [5.41, 5.74) is 0.896. The van der Waals surface area contributed by atoms with Crippen molar-refractivity contribution in [1.29, 1.82) is 0 Å². The summed E-state index contributed by atoms with van der Waals surface area (Å²) in [6.07, 6.45) is 1.07. The average Bonchev–Trinajstić information content (AvgIpc) is 2.84. The van der Waals surface area contributed by atoms with Gasteiger partial charge >= 0.3 is 0 Å². The van der Waals surface area contributed by atoms with Gasteiger partial charge in [0.2, 0.25) is 10.0 Å². The second-order valence-corrected chi connectivity index (χ2v) is 8.41. The van der Waals surface area contributed by atoms with Gasteiger partial charge in [-0.15, -0.1) is 0 Å². The molecule has 1 aliphatic heterocycles. The molecule has 1 atom stereocenters. The van der Waals surface area contributed by atoms with Crippen LogP contribution in [0.25, 0.3) is 0 Å². The summed E-state index contributed by atoms with van der Waals surface area (Å²) in [4.78, 5) is 2.71. The minimum atomic E-state index is -3.40. The SMILES string of the molecule is CC(C)c1ccccc1S(=O)(=O)N(C)C[C@H]1CCN(C)C1. The fourth-order valence-corrected chi connectivity index (χ4v) is 4.59. The van der Waals surface area contributed by atoms with Gasteiger partial charge in [-0.05, 0) is 43.5 Å². The number of sulfonamides is 1. The number of nitrogens with zero attached hydrogens (tertiary/aromatic N) is 2. The van der Waals surface area contributed by atoms with Gasteiger partial charge in [-0.25, -0.2) is 12.7 Å². The molecule has 21 heavy (non-hydrogen) atoms. The van der Waals surface area contributed by atoms with Crippen LogP contribution < -0.4 is 0 Å². The molecule has 1 saturated heterocycles. The van der Waals surface area contributed by atoms with Crippen LogP contribution in [0.2, 0.25) is 0 Å². The Kier molecular flexibility index (Phi) is 5.07. The molecular weight excluding hydrogens is 284 g/mol. The quantitative estimate of drug-likeness (QED) is 0.838. The molecule has 118 valence electrons. The highest BCUT2D eigenvalue weighted by molar-refractivity contribution is 7.89. The molecule has 5 heteroatoms. The van der Waals surface area contributed by atoms with E-state index in [1.54, 1.807) is 19.2 Å². The topological polar surface area (TPSA) is 40.6 Å². The standard InChI is InChI=1S/C16H26N2O2S/c1-13(2)15-7-5-6-8-16(15)21(19,20)18(4)12-14-9-10-17(3)11-14/h5-8,13-14H,9-12H2,1-4H3/t14-/m0/s1. The molecule has 1 aromatic rings. The van der Waals surface area contributed by atoms with E-state index in [1.165, 1.54) is 4.31 Å². The van der Waals surface area contributed by atoms with Crippen LogP contribution in [0, 0.1) is 5.92 Å². The molecule has 0 radical (unpaired) electrons. The van der Waals surface area contributed by atoms with E-state index >= 15 is 0 Å². The first-order chi connectivity index (χ1) is 9.82. The highest BCUT2D eigenvalue weighted by Crippen LogP contribution is 2.27. The smallest absolute Gasteiger partial charge is 0.243 e. The third-order valence-corrected chi connectivity index (χ3v) is 6.13. The van der Waals surface area contributed by atoms with Gasteiger partial charge < -0.3 is 4.90 Å². The molecule has 1 heterocycles. The Bertz CT molecular complexity index is 584. The van der Waals surface area contributed by atoms with Crippen molar-refractivity contribution < 1.29 is 8.42 Å². The summed E-state index contributed by atoms with van der Waals surface area (Å²) < 4.78 is 27.2. The molecule has 0 spiro atoms. The first-order valence-corrected chi connectivity index (χ1v) is 9.00. The largest absolute Gasteiger partial charge is 0.306 e. The molecule has 1 aromatic carbocycles. The normalized spacial score (nSPS) is 20.6. The lowest BCUT2D eigenvalue weighted by atomic mass is 10.0. The van der Waals surface area contributed by atoms with Gasteiger partial charge in [0.25, 0.3) is 0 Å². The Morgan fingerprint density at radius 2 is 2.00 bits per heavy atom. The molecule has 0 unspecified atom stereocenters. The summed E-state index contributed by atoms with van der Waals surface area (Å²) in [5, 5.41) is 0. The van der Waals surface area contributed by atoms with E-state index in [2.05, 4.69) is 11.9 Å². The molecule has 0 bridgehead atoms. The second-order valence-electron chi connectivity index (χ2n) is 6.40. The van der Waals surface area contributed by atoms with Crippen LogP contribution in [-0.4, -0.2) is 51.4 Å². The van der Waals surface area contributed by atoms with Gasteiger partial charge in [0.15, 0.2) is 0 Å². The predicted molar refractivity (Wildman–Crippen MR) is 86.0 cm³/mol. The molecule has 0 N–H and O–H groups in total. The lowest BCUT2D eigenvalue weighted by molar-refractivity contribution is 0.356. The van der Waals surface area contributed by atoms with E-state index in [0.717, 1.165) is 25.1 Å². The van der Waals surface area contributed by atoms with Gasteiger partial charge in [0.05, 0.1) is 4.90 Å². The first-order valence-electron chi connectivity index (χ1n) is 7.56. The molecule has 0 aliphatic carbocycles. The summed E-state index contributed by atoms with van der Waals surface area (Å²) >= 11 is 0. The summed E-state index contributed by atoms with van der Waals surface area (Å²) in [6, 6.07) is 7.34. The van der Waals surface area contributed by atoms with Crippen molar-refractivity contribution in [2.24, 2.45) is 5.92 Å². The Labute approximate surface area is 128 Å². The van der Waals surface area contributed by atoms with Crippen molar-refractivity contribution in [3.05, 3.63) is 29.8 Å². The molecule has 1 aliphatic rings. The summed E-state index contributed by atoms with van der Waals surface area (Å²) in [7, 11) is 0.380. The van der Waals surface area contributed by atoms with Crippen molar-refractivity contribution >= 4 is 10.0 Å². The van der Waals surface area contributed by atoms with Crippen molar-refractivity contribution in [3.63, 3.8) is 0 Å². The van der Waals surface area contributed by atoms with Crippen LogP contribution in [0.4, 0.5) is 0 Å². The first kappa shape index (κ1) is 16.5. The number of hydrogen-bond donors (Lipinski definition) is 0. The van der Waals surface area contributed by atoms with Crippen LogP contribution in [0.15, 0.2) is 29.2 Å². The van der Waals surface area contributed by atoms with Crippen LogP contribution in [0.1, 0.15) is 31.7 Å². The number of rotatable bonds is 5. The lowest BCUT2D eigenvalue weighted by Gasteiger charge is -2.23. The third-order valence-electron chi connectivity index (χ3n) is 4.23. The van der Waals surface area contributed by atoms with E-state index in [4.69, 9.17) is 0 Å². The fourth-order valence-electron chi connectivity index (χ4n) is 3.00. The van der Waals surface area contributed by atoms with Gasteiger partial charge in [0.1, 0.15) is 0 Å². The van der Waals surface area contributed by atoms with Gasteiger partial charge in [-0.3, -0.25) is 0 Å². The molecule has 1 fully saturated rings. The zero-order valence-electron chi connectivity index (χ0n) is 13.4. The average molecular weight is 310 g/mol. The third kappa shape index (κ3) is 3.65. The minimum absolute atomic E-state index is 0.196. The Morgan fingerprint density at radius 3 is 2.57 bits per heavy atom. The van der Waals surface area contributed by atoms with Gasteiger partial charge in [-0.2, -0.15) is 0 Å². The highest BCUT2D eigenvalue weighted by Gasteiger charge is 2.28. The zero-order valence-corrected chi connectivity index (χ0v) is 14.2. The predicted octanol–water partition coefficient (Wildman–Crippen LogP) is 2.38. The van der Waals surface area contributed by atoms with Crippen molar-refractivity contribution in [1.82, 2.24) is 9.21 Å². The Morgan fingerprint density at radius 1 is 1.33 bits per heavy atom. The molecule has 0 aromatic heterocycles. The zero-order chi connectivity index (χ0) is 15.6. The van der Waals surface area contributed by atoms with Crippen molar-refractivity contribution in [2.75, 3.05) is 33.7 Å². The van der Waals surface area contributed by atoms with E-state index < -0.39 is 10.0 Å². The number of hydrogen-bond acceptors (Lipinski definition) is 3. The monoisotopic (exact) mass is 310 g/mol. The van der Waals surface area contributed by atoms with Crippen molar-refractivity contribution in [3.8, 4) is 0 Å². The number of likely N-dealkylation sites (tertiary alicyclic amines) is 1. The van der Waals surface area contributed by atoms with Crippen LogP contribution >= 0.6 is 0 Å². The highest BCUT2D eigenvalue weighted by atomic mass is 32.2. The van der Waals surface area contributed by atoms with E-state index in [0.29, 0.717) is 17.4 Å². The van der Waals surface area contributed by atoms with Gasteiger partial charge in [-0.1, -0.05) is 32.0 Å². The maximum atomic E-state index is 12.8. The van der Waals surface area contributed by atoms with Crippen LogP contribution in [0.5, 0.6) is 0 Å². The van der Waals surface area contributed by atoms with Gasteiger partial charge in [0, 0.05) is 20.1 Å². The summed E-state index contributed by atoms with van der Waals surface area (Å²) in [5.74, 6) is 0.628. The molecular formula is C16H26N2O2S. The maximum absolute atomic E-state index is 12.8. The van der Waals surface area contributed by atoms with E-state index in [1.807, 2.05) is 26.0 Å². The number of benzene rings is 1. The maximum Gasteiger partial charge on any atom is 0.243 e. The van der Waals surface area contributed by atoms with E-state index in [-0.39, 0.29) is 5.92 Å². The van der Waals surface area contributed by atoms with Crippen LogP contribution in [0.3, 0.4) is 0 Å². The van der Waals surface area contributed by atoms with Crippen molar-refractivity contribution in [2.45, 2.75) is 31.1 Å². The summed E-state index contributed by atoms with van der Waals surface area (Å²) in [6.45, 7) is 6.69. The van der Waals surface area contributed by atoms with E-state index in [9.17, 15) is 8.42 Å². The molecule has 2 rings (SSSR count). The molecule has 4 nitrogen and oxygen atoms in total. The fraction of sp³-hybridized carbons (Fsp3) is 0.625. The van der Waals surface area contributed by atoms with Crippen LogP contribution in [-0.2, 0) is 10.0 Å².